The zero-order valence-corrected chi connectivity index (χ0v) is 21.6. The first-order valence-electron chi connectivity index (χ1n) is 9.39. The van der Waals surface area contributed by atoms with Crippen molar-refractivity contribution in [2.75, 3.05) is 11.9 Å². The third kappa shape index (κ3) is 7.01. The summed E-state index contributed by atoms with van der Waals surface area (Å²) in [7, 11) is 0. The Morgan fingerprint density at radius 2 is 1.75 bits per heavy atom. The molecule has 0 saturated heterocycles. The molecule has 0 bridgehead atoms. The van der Waals surface area contributed by atoms with Crippen LogP contribution in [-0.2, 0) is 4.79 Å². The Balaban J connectivity index is 1.67. The fourth-order valence-electron chi connectivity index (χ4n) is 2.71. The van der Waals surface area contributed by atoms with Crippen LogP contribution in [-0.4, -0.2) is 24.6 Å². The van der Waals surface area contributed by atoms with Gasteiger partial charge in [-0.05, 0) is 76.9 Å². The van der Waals surface area contributed by atoms with E-state index in [-0.39, 0.29) is 18.4 Å². The van der Waals surface area contributed by atoms with Gasteiger partial charge in [-0.1, -0.05) is 44.0 Å². The number of hydrogen-bond acceptors (Lipinski definition) is 4. The Labute approximate surface area is 210 Å². The highest BCUT2D eigenvalue weighted by atomic mass is 79.9. The standard InChI is InChI=1S/C23H18Br3N3O3/c1-14-3-2-4-19(9-14)28-21(30)13-32-22-16(10-18(25)11-20(22)26)12-27-29-23(31)15-5-7-17(24)8-6-15/h2-12H,13H2,1H3,(H,28,30)(H,29,31)/b27-12+. The smallest absolute Gasteiger partial charge is 0.271 e. The number of carbonyl (C=O) groups excluding carboxylic acids is 2. The SMILES string of the molecule is Cc1cccc(NC(=O)COc2c(Br)cc(Br)cc2/C=N/NC(=O)c2ccc(Br)cc2)c1. The monoisotopic (exact) mass is 621 g/mol. The Morgan fingerprint density at radius 3 is 2.47 bits per heavy atom. The highest BCUT2D eigenvalue weighted by molar-refractivity contribution is 9.11. The molecule has 3 aromatic carbocycles. The van der Waals surface area contributed by atoms with Gasteiger partial charge >= 0.3 is 0 Å². The lowest BCUT2D eigenvalue weighted by molar-refractivity contribution is -0.118. The Bertz CT molecular complexity index is 1160. The number of amides is 2. The normalized spacial score (nSPS) is 10.8. The minimum absolute atomic E-state index is 0.194. The van der Waals surface area contributed by atoms with Gasteiger partial charge in [-0.25, -0.2) is 5.43 Å². The molecule has 3 aromatic rings. The number of aryl methyl sites for hydroxylation is 1. The fraction of sp³-hybridized carbons (Fsp3) is 0.0870. The molecule has 0 aliphatic carbocycles. The minimum Gasteiger partial charge on any atom is -0.482 e. The van der Waals surface area contributed by atoms with E-state index in [9.17, 15) is 9.59 Å². The maximum absolute atomic E-state index is 12.3. The third-order valence-corrected chi connectivity index (χ3v) is 5.74. The predicted octanol–water partition coefficient (Wildman–Crippen LogP) is 6.06. The molecule has 0 radical (unpaired) electrons. The van der Waals surface area contributed by atoms with E-state index in [1.54, 1.807) is 36.4 Å². The molecular formula is C23H18Br3N3O3. The fourth-order valence-corrected chi connectivity index (χ4v) is 4.35. The molecule has 0 saturated carbocycles. The van der Waals surface area contributed by atoms with Crippen LogP contribution in [0, 0.1) is 6.92 Å². The maximum Gasteiger partial charge on any atom is 0.271 e. The largest absolute Gasteiger partial charge is 0.482 e. The number of halogens is 3. The molecule has 164 valence electrons. The van der Waals surface area contributed by atoms with Crippen molar-refractivity contribution in [3.8, 4) is 5.75 Å². The van der Waals surface area contributed by atoms with Gasteiger partial charge in [-0.3, -0.25) is 9.59 Å². The number of rotatable bonds is 7. The molecule has 0 spiro atoms. The minimum atomic E-state index is -0.345. The van der Waals surface area contributed by atoms with Crippen molar-refractivity contribution in [2.24, 2.45) is 5.10 Å². The zero-order valence-electron chi connectivity index (χ0n) is 16.9. The van der Waals surface area contributed by atoms with Gasteiger partial charge < -0.3 is 10.1 Å². The third-order valence-electron chi connectivity index (χ3n) is 4.16. The van der Waals surface area contributed by atoms with E-state index < -0.39 is 0 Å². The lowest BCUT2D eigenvalue weighted by Crippen LogP contribution is -2.21. The second-order valence-corrected chi connectivity index (χ2v) is 9.40. The highest BCUT2D eigenvalue weighted by Crippen LogP contribution is 2.32. The zero-order chi connectivity index (χ0) is 23.1. The van der Waals surface area contributed by atoms with E-state index in [1.165, 1.54) is 6.21 Å². The topological polar surface area (TPSA) is 79.8 Å². The first-order valence-corrected chi connectivity index (χ1v) is 11.8. The van der Waals surface area contributed by atoms with Gasteiger partial charge in [0.15, 0.2) is 6.61 Å². The molecule has 32 heavy (non-hydrogen) atoms. The number of hydrazone groups is 1. The summed E-state index contributed by atoms with van der Waals surface area (Å²) in [5.74, 6) is -0.214. The Kier molecular flexibility index (Phi) is 8.60. The number of ether oxygens (including phenoxy) is 1. The summed E-state index contributed by atoms with van der Waals surface area (Å²) in [4.78, 5) is 24.6. The van der Waals surface area contributed by atoms with Gasteiger partial charge in [0.25, 0.3) is 11.8 Å². The average molecular weight is 624 g/mol. The van der Waals surface area contributed by atoms with Crippen molar-refractivity contribution in [2.45, 2.75) is 6.92 Å². The molecule has 9 heteroatoms. The van der Waals surface area contributed by atoms with Crippen LogP contribution in [0.15, 0.2) is 79.2 Å². The van der Waals surface area contributed by atoms with Gasteiger partial charge in [0.1, 0.15) is 5.75 Å². The predicted molar refractivity (Wildman–Crippen MR) is 136 cm³/mol. The van der Waals surface area contributed by atoms with Crippen molar-refractivity contribution in [3.63, 3.8) is 0 Å². The molecule has 3 rings (SSSR count). The summed E-state index contributed by atoms with van der Waals surface area (Å²) in [5, 5.41) is 6.83. The summed E-state index contributed by atoms with van der Waals surface area (Å²) in [6, 6.07) is 18.0. The van der Waals surface area contributed by atoms with Gasteiger partial charge in [-0.15, -0.1) is 0 Å². The molecule has 6 nitrogen and oxygen atoms in total. The van der Waals surface area contributed by atoms with Crippen LogP contribution in [0.1, 0.15) is 21.5 Å². The van der Waals surface area contributed by atoms with Crippen LogP contribution in [0.2, 0.25) is 0 Å². The lowest BCUT2D eigenvalue weighted by atomic mass is 10.2. The van der Waals surface area contributed by atoms with E-state index in [2.05, 4.69) is 63.6 Å². The van der Waals surface area contributed by atoms with Crippen LogP contribution in [0.4, 0.5) is 5.69 Å². The molecule has 2 N–H and O–H groups in total. The molecule has 2 amide bonds. The van der Waals surface area contributed by atoms with Crippen molar-refractivity contribution in [1.29, 1.82) is 0 Å². The van der Waals surface area contributed by atoms with Gasteiger partial charge in [0, 0.05) is 25.8 Å². The molecule has 0 fully saturated rings. The number of nitrogens with zero attached hydrogens (tertiary/aromatic N) is 1. The lowest BCUT2D eigenvalue weighted by Gasteiger charge is -2.12. The summed E-state index contributed by atoms with van der Waals surface area (Å²) in [6.07, 6.45) is 1.46. The summed E-state index contributed by atoms with van der Waals surface area (Å²) in [6.45, 7) is 1.76. The van der Waals surface area contributed by atoms with E-state index in [1.807, 2.05) is 31.2 Å². The molecule has 0 heterocycles. The highest BCUT2D eigenvalue weighted by Gasteiger charge is 2.12. The Hall–Kier alpha value is -2.49. The summed E-state index contributed by atoms with van der Waals surface area (Å²) >= 11 is 10.2. The molecule has 0 unspecified atom stereocenters. The van der Waals surface area contributed by atoms with E-state index >= 15 is 0 Å². The number of benzene rings is 3. The van der Waals surface area contributed by atoms with Gasteiger partial charge in [-0.2, -0.15) is 5.10 Å². The molecular weight excluding hydrogens is 606 g/mol. The maximum atomic E-state index is 12.3. The first kappa shape index (κ1) is 24.2. The van der Waals surface area contributed by atoms with Crippen LogP contribution in [0.25, 0.3) is 0 Å². The number of nitrogens with one attached hydrogen (secondary N) is 2. The van der Waals surface area contributed by atoms with Crippen molar-refractivity contribution in [3.05, 3.63) is 90.8 Å². The first-order chi connectivity index (χ1) is 15.3. The quantitative estimate of drug-likeness (QED) is 0.248. The van der Waals surface area contributed by atoms with Crippen LogP contribution in [0.5, 0.6) is 5.75 Å². The van der Waals surface area contributed by atoms with E-state index in [0.717, 1.165) is 14.5 Å². The molecule has 0 atom stereocenters. The van der Waals surface area contributed by atoms with Crippen LogP contribution >= 0.6 is 47.8 Å². The van der Waals surface area contributed by atoms with Crippen molar-refractivity contribution in [1.82, 2.24) is 5.43 Å². The summed E-state index contributed by atoms with van der Waals surface area (Å²) in [5.41, 5.74) is 5.28. The second-order valence-electron chi connectivity index (χ2n) is 6.72. The van der Waals surface area contributed by atoms with Gasteiger partial charge in [0.05, 0.1) is 10.7 Å². The van der Waals surface area contributed by atoms with E-state index in [0.29, 0.717) is 27.0 Å². The number of anilines is 1. The van der Waals surface area contributed by atoms with Crippen LogP contribution < -0.4 is 15.5 Å². The molecule has 0 aliphatic rings. The Morgan fingerprint density at radius 1 is 1.00 bits per heavy atom. The second kappa shape index (κ2) is 11.4. The van der Waals surface area contributed by atoms with Gasteiger partial charge in [0.2, 0.25) is 0 Å². The average Bonchev–Trinajstić information content (AvgIpc) is 2.73. The van der Waals surface area contributed by atoms with Crippen LogP contribution in [0.3, 0.4) is 0 Å². The van der Waals surface area contributed by atoms with Crippen molar-refractivity contribution >= 4 is 71.5 Å². The molecule has 0 aliphatic heterocycles. The van der Waals surface area contributed by atoms with E-state index in [4.69, 9.17) is 4.74 Å². The number of hydrogen-bond donors (Lipinski definition) is 2. The number of carbonyl (C=O) groups is 2. The molecule has 0 aromatic heterocycles. The van der Waals surface area contributed by atoms with Crippen molar-refractivity contribution < 1.29 is 14.3 Å². The summed E-state index contributed by atoms with van der Waals surface area (Å²) < 4.78 is 8.05.